The molecular weight excluding hydrogens is 496 g/mol. The first kappa shape index (κ1) is 21.3. The summed E-state index contributed by atoms with van der Waals surface area (Å²) >= 11 is 7.03. The molecule has 148 valence electrons. The molecule has 0 heterocycles. The Labute approximate surface area is 187 Å². The molecule has 0 aliphatic rings. The van der Waals surface area contributed by atoms with Crippen LogP contribution in [0.25, 0.3) is 0 Å². The lowest BCUT2D eigenvalue weighted by atomic mass is 10.2. The molecule has 0 saturated heterocycles. The average Bonchev–Trinajstić information content (AvgIpc) is 2.66. The minimum absolute atomic E-state index is 0.0954. The first-order valence-corrected chi connectivity index (χ1v) is 10.6. The predicted molar refractivity (Wildman–Crippen MR) is 126 cm³/mol. The van der Waals surface area contributed by atoms with Gasteiger partial charge in [-0.15, -0.1) is 0 Å². The summed E-state index contributed by atoms with van der Waals surface area (Å²) in [5, 5.41) is 2.83. The number of hydrogen-bond acceptors (Lipinski definition) is 3. The number of amides is 1. The fraction of sp³-hybridized carbons (Fsp3) is 0.130. The third-order valence-electron chi connectivity index (χ3n) is 4.14. The lowest BCUT2D eigenvalue weighted by Gasteiger charge is -2.12. The zero-order chi connectivity index (χ0) is 20.8. The smallest absolute Gasteiger partial charge is 0.262 e. The van der Waals surface area contributed by atoms with Crippen molar-refractivity contribution in [3.8, 4) is 5.75 Å². The first-order chi connectivity index (χ1) is 13.9. The highest BCUT2D eigenvalue weighted by atomic mass is 79.9. The van der Waals surface area contributed by atoms with Gasteiger partial charge in [-0.25, -0.2) is 0 Å². The van der Waals surface area contributed by atoms with E-state index in [-0.39, 0.29) is 12.5 Å². The van der Waals surface area contributed by atoms with Gasteiger partial charge in [0.25, 0.3) is 5.91 Å². The van der Waals surface area contributed by atoms with E-state index < -0.39 is 0 Å². The Morgan fingerprint density at radius 2 is 1.76 bits per heavy atom. The van der Waals surface area contributed by atoms with E-state index in [0.29, 0.717) is 5.75 Å². The largest absolute Gasteiger partial charge is 0.481 e. The van der Waals surface area contributed by atoms with E-state index >= 15 is 0 Å². The minimum atomic E-state index is -0.223. The molecule has 29 heavy (non-hydrogen) atoms. The van der Waals surface area contributed by atoms with Gasteiger partial charge in [0.15, 0.2) is 6.61 Å². The van der Waals surface area contributed by atoms with Crippen LogP contribution in [0.15, 0.2) is 74.6 Å². The van der Waals surface area contributed by atoms with Crippen molar-refractivity contribution in [1.29, 1.82) is 0 Å². The Balaban J connectivity index is 1.66. The number of rotatable bonds is 6. The lowest BCUT2D eigenvalue weighted by molar-refractivity contribution is -0.118. The topological polar surface area (TPSA) is 50.7 Å². The summed E-state index contributed by atoms with van der Waals surface area (Å²) in [6.07, 6.45) is 1.80. The monoisotopic (exact) mass is 514 g/mol. The van der Waals surface area contributed by atoms with Crippen LogP contribution in [-0.4, -0.2) is 18.7 Å². The van der Waals surface area contributed by atoms with Crippen LogP contribution in [0.5, 0.6) is 5.75 Å². The van der Waals surface area contributed by atoms with Crippen molar-refractivity contribution < 1.29 is 9.53 Å². The molecule has 0 saturated carbocycles. The van der Waals surface area contributed by atoms with E-state index in [1.165, 1.54) is 0 Å². The Bertz CT molecular complexity index is 1040. The van der Waals surface area contributed by atoms with Crippen molar-refractivity contribution >= 4 is 55.4 Å². The molecule has 1 amide bonds. The molecule has 0 aliphatic heterocycles. The van der Waals surface area contributed by atoms with E-state index in [4.69, 9.17) is 4.74 Å². The summed E-state index contributed by atoms with van der Waals surface area (Å²) in [5.74, 6) is 0.344. The second-order valence-corrected chi connectivity index (χ2v) is 8.27. The fourth-order valence-electron chi connectivity index (χ4n) is 2.70. The quantitative estimate of drug-likeness (QED) is 0.376. The van der Waals surface area contributed by atoms with E-state index in [1.807, 2.05) is 74.5 Å². The van der Waals surface area contributed by atoms with Gasteiger partial charge in [0.05, 0.1) is 14.6 Å². The third kappa shape index (κ3) is 6.02. The molecule has 0 unspecified atom stereocenters. The molecule has 3 aromatic carbocycles. The normalized spacial score (nSPS) is 10.9. The molecule has 1 N–H and O–H groups in total. The van der Waals surface area contributed by atoms with Crippen LogP contribution in [0.2, 0.25) is 0 Å². The van der Waals surface area contributed by atoms with Crippen molar-refractivity contribution in [3.63, 3.8) is 0 Å². The highest BCUT2D eigenvalue weighted by Crippen LogP contribution is 2.34. The second-order valence-electron chi connectivity index (χ2n) is 6.56. The maximum absolute atomic E-state index is 12.2. The van der Waals surface area contributed by atoms with Crippen LogP contribution >= 0.6 is 31.9 Å². The number of benzene rings is 3. The number of anilines is 1. The van der Waals surface area contributed by atoms with Crippen LogP contribution in [0.4, 0.5) is 11.4 Å². The van der Waals surface area contributed by atoms with Crippen LogP contribution in [-0.2, 0) is 4.79 Å². The summed E-state index contributed by atoms with van der Waals surface area (Å²) in [6.45, 7) is 3.91. The molecule has 0 bridgehead atoms. The number of ether oxygens (including phenoxy) is 1. The Morgan fingerprint density at radius 1 is 1.03 bits per heavy atom. The van der Waals surface area contributed by atoms with E-state index in [1.54, 1.807) is 6.21 Å². The van der Waals surface area contributed by atoms with E-state index in [0.717, 1.165) is 37.0 Å². The van der Waals surface area contributed by atoms with E-state index in [9.17, 15) is 4.79 Å². The number of nitrogens with zero attached hydrogens (tertiary/aromatic N) is 1. The van der Waals surface area contributed by atoms with Crippen LogP contribution in [0.3, 0.4) is 0 Å². The van der Waals surface area contributed by atoms with Gasteiger partial charge in [-0.1, -0.05) is 30.3 Å². The van der Waals surface area contributed by atoms with Crippen LogP contribution < -0.4 is 10.1 Å². The highest BCUT2D eigenvalue weighted by Gasteiger charge is 2.11. The number of aliphatic imine (C=N–C) groups is 1. The highest BCUT2D eigenvalue weighted by molar-refractivity contribution is 9.11. The molecule has 6 heteroatoms. The third-order valence-corrected chi connectivity index (χ3v) is 5.32. The molecule has 4 nitrogen and oxygen atoms in total. The number of carbonyl (C=O) groups excluding carboxylic acids is 1. The zero-order valence-corrected chi connectivity index (χ0v) is 19.2. The summed E-state index contributed by atoms with van der Waals surface area (Å²) in [7, 11) is 0. The molecule has 0 radical (unpaired) electrons. The summed E-state index contributed by atoms with van der Waals surface area (Å²) in [4.78, 5) is 16.7. The maximum Gasteiger partial charge on any atom is 0.262 e. The number of halogens is 2. The van der Waals surface area contributed by atoms with Crippen molar-refractivity contribution in [3.05, 3.63) is 86.3 Å². The van der Waals surface area contributed by atoms with Gasteiger partial charge in [0.2, 0.25) is 0 Å². The van der Waals surface area contributed by atoms with Gasteiger partial charge >= 0.3 is 0 Å². The lowest BCUT2D eigenvalue weighted by Crippen LogP contribution is -2.20. The number of aryl methyl sites for hydroxylation is 2. The van der Waals surface area contributed by atoms with Crippen LogP contribution in [0, 0.1) is 13.8 Å². The first-order valence-electron chi connectivity index (χ1n) is 9.00. The zero-order valence-electron chi connectivity index (χ0n) is 16.1. The van der Waals surface area contributed by atoms with E-state index in [2.05, 4.69) is 42.2 Å². The molecule has 0 aliphatic carbocycles. The Kier molecular flexibility index (Phi) is 7.23. The fourth-order valence-corrected chi connectivity index (χ4v) is 4.15. The predicted octanol–water partition coefficient (Wildman–Crippen LogP) is 6.60. The van der Waals surface area contributed by atoms with Crippen LogP contribution in [0.1, 0.15) is 16.7 Å². The molecule has 0 spiro atoms. The number of carbonyl (C=O) groups is 1. The molecule has 0 fully saturated rings. The average molecular weight is 516 g/mol. The van der Waals surface area contributed by atoms with Gasteiger partial charge in [-0.3, -0.25) is 9.79 Å². The standard InChI is InChI=1S/C23H20Br2N2O2/c1-15-6-5-8-18(10-15)27-22(28)14-29-23-19(24)11-17(12-20(23)25)13-26-21-9-4-3-7-16(21)2/h3-13H,14H2,1-2H3,(H,27,28). The summed E-state index contributed by atoms with van der Waals surface area (Å²) < 4.78 is 7.19. The number of hydrogen-bond donors (Lipinski definition) is 1. The van der Waals surface area contributed by atoms with Crippen molar-refractivity contribution in [2.75, 3.05) is 11.9 Å². The van der Waals surface area contributed by atoms with Crippen molar-refractivity contribution in [2.45, 2.75) is 13.8 Å². The summed E-state index contributed by atoms with van der Waals surface area (Å²) in [6, 6.07) is 19.4. The van der Waals surface area contributed by atoms with Crippen molar-refractivity contribution in [1.82, 2.24) is 0 Å². The van der Waals surface area contributed by atoms with Gasteiger partial charge < -0.3 is 10.1 Å². The Hall–Kier alpha value is -2.44. The number of nitrogens with one attached hydrogen (secondary N) is 1. The Morgan fingerprint density at radius 3 is 2.45 bits per heavy atom. The SMILES string of the molecule is Cc1cccc(NC(=O)COc2c(Br)cc(C=Nc3ccccc3C)cc2Br)c1. The van der Waals surface area contributed by atoms with Gasteiger partial charge in [0.1, 0.15) is 5.75 Å². The molecular formula is C23H20Br2N2O2. The molecule has 0 aromatic heterocycles. The molecule has 3 aromatic rings. The summed E-state index contributed by atoms with van der Waals surface area (Å²) in [5.41, 5.74) is 4.77. The van der Waals surface area contributed by atoms with Gasteiger partial charge in [-0.05, 0) is 92.7 Å². The van der Waals surface area contributed by atoms with Crippen molar-refractivity contribution in [2.24, 2.45) is 4.99 Å². The molecule has 3 rings (SSSR count). The number of para-hydroxylation sites is 1. The van der Waals surface area contributed by atoms with Gasteiger partial charge in [0, 0.05) is 11.9 Å². The van der Waals surface area contributed by atoms with Gasteiger partial charge in [-0.2, -0.15) is 0 Å². The minimum Gasteiger partial charge on any atom is -0.481 e. The second kappa shape index (κ2) is 9.85. The molecule has 0 atom stereocenters. The maximum atomic E-state index is 12.2.